The number of amides is 3. The van der Waals surface area contributed by atoms with E-state index in [1.807, 2.05) is 6.07 Å². The minimum atomic E-state index is -5.08. The van der Waals surface area contributed by atoms with Crippen LogP contribution in [0.5, 0.6) is 0 Å². The summed E-state index contributed by atoms with van der Waals surface area (Å²) in [6, 6.07) is 14.9. The molecular formula is C33H31F4N5O7. The number of aromatic carboxylic acids is 1. The van der Waals surface area contributed by atoms with Gasteiger partial charge in [0.1, 0.15) is 5.82 Å². The highest BCUT2D eigenvalue weighted by molar-refractivity contribution is 6.05. The molecule has 2 aromatic carbocycles. The second-order valence-electron chi connectivity index (χ2n) is 13.9. The third-order valence-corrected chi connectivity index (χ3v) is 10.3. The molecule has 1 aromatic heterocycles. The van der Waals surface area contributed by atoms with Gasteiger partial charge in [0.15, 0.2) is 0 Å². The van der Waals surface area contributed by atoms with Gasteiger partial charge in [-0.1, -0.05) is 29.4 Å². The number of aromatic nitrogens is 1. The Morgan fingerprint density at radius 2 is 1.59 bits per heavy atom. The monoisotopic (exact) mass is 685 g/mol. The molecule has 3 aromatic rings. The molecule has 4 heterocycles. The number of urea groups is 1. The van der Waals surface area contributed by atoms with Gasteiger partial charge in [-0.3, -0.25) is 19.9 Å². The molecule has 1 spiro atoms. The molecule has 2 bridgehead atoms. The SMILES string of the molecule is O=C(O)C(F)(F)F.O=C1CCN(c2ccc(N3CC4(CN(Cc5ccc(C67CC(c8cc(C(=O)O)on8)(C6)C7)cc5)C4)C3)cc2F)C(=O)N1. The van der Waals surface area contributed by atoms with Crippen molar-refractivity contribution in [3.05, 3.63) is 76.9 Å². The highest BCUT2D eigenvalue weighted by Gasteiger charge is 2.70. The lowest BCUT2D eigenvalue weighted by molar-refractivity contribution is -0.192. The first-order valence-electron chi connectivity index (χ1n) is 15.6. The zero-order valence-corrected chi connectivity index (χ0v) is 25.9. The van der Waals surface area contributed by atoms with E-state index in [9.17, 15) is 31.9 Å². The summed E-state index contributed by atoms with van der Waals surface area (Å²) in [4.78, 5) is 49.4. The molecule has 0 unspecified atom stereocenters. The Kier molecular flexibility index (Phi) is 7.50. The van der Waals surface area contributed by atoms with Crippen LogP contribution < -0.4 is 15.1 Å². The molecule has 6 aliphatic rings. The first-order chi connectivity index (χ1) is 23.1. The van der Waals surface area contributed by atoms with Gasteiger partial charge in [-0.05, 0) is 54.0 Å². The quantitative estimate of drug-likeness (QED) is 0.307. The predicted octanol–water partition coefficient (Wildman–Crippen LogP) is 4.29. The van der Waals surface area contributed by atoms with Gasteiger partial charge in [0.05, 0.1) is 11.4 Å². The number of rotatable bonds is 7. The lowest BCUT2D eigenvalue weighted by atomic mass is 9.32. The van der Waals surface area contributed by atoms with Crippen LogP contribution in [0.25, 0.3) is 0 Å². The van der Waals surface area contributed by atoms with Gasteiger partial charge >= 0.3 is 24.1 Å². The molecule has 6 fully saturated rings. The van der Waals surface area contributed by atoms with Crippen molar-refractivity contribution in [1.82, 2.24) is 15.4 Å². The summed E-state index contributed by atoms with van der Waals surface area (Å²) in [5, 5.41) is 22.5. The van der Waals surface area contributed by atoms with E-state index >= 15 is 0 Å². The van der Waals surface area contributed by atoms with Gasteiger partial charge in [0, 0.05) is 68.3 Å². The lowest BCUT2D eigenvalue weighted by Gasteiger charge is -2.70. The van der Waals surface area contributed by atoms with Gasteiger partial charge in [0.25, 0.3) is 0 Å². The number of carboxylic acids is 2. The number of imide groups is 1. The van der Waals surface area contributed by atoms with Crippen LogP contribution in [-0.4, -0.2) is 83.0 Å². The van der Waals surface area contributed by atoms with Crippen LogP contribution in [0.4, 0.5) is 33.7 Å². The van der Waals surface area contributed by atoms with Crippen LogP contribution in [0.15, 0.2) is 53.1 Å². The first-order valence-corrected chi connectivity index (χ1v) is 15.6. The summed E-state index contributed by atoms with van der Waals surface area (Å²) >= 11 is 0. The van der Waals surface area contributed by atoms with E-state index in [1.54, 1.807) is 12.1 Å². The van der Waals surface area contributed by atoms with E-state index in [4.69, 9.17) is 19.5 Å². The molecule has 258 valence electrons. The summed E-state index contributed by atoms with van der Waals surface area (Å²) < 4.78 is 51.6. The fraction of sp³-hybridized carbons (Fsp3) is 0.424. The Balaban J connectivity index is 0.000000491. The lowest BCUT2D eigenvalue weighted by Crippen LogP contribution is -2.72. The van der Waals surface area contributed by atoms with Crippen molar-refractivity contribution in [3.8, 4) is 0 Å². The average molecular weight is 686 g/mol. The number of aliphatic carboxylic acids is 1. The maximum atomic E-state index is 14.9. The van der Waals surface area contributed by atoms with Crippen molar-refractivity contribution in [2.45, 2.75) is 49.2 Å². The fourth-order valence-corrected chi connectivity index (χ4v) is 8.08. The summed E-state index contributed by atoms with van der Waals surface area (Å²) in [6.07, 6.45) is -1.97. The predicted molar refractivity (Wildman–Crippen MR) is 163 cm³/mol. The second-order valence-corrected chi connectivity index (χ2v) is 13.9. The molecule has 49 heavy (non-hydrogen) atoms. The molecule has 9 rings (SSSR count). The number of carboxylic acid groups (broad SMARTS) is 2. The largest absolute Gasteiger partial charge is 0.490 e. The number of hydrogen-bond donors (Lipinski definition) is 3. The molecule has 3 aliphatic carbocycles. The van der Waals surface area contributed by atoms with Crippen molar-refractivity contribution in [2.24, 2.45) is 5.41 Å². The van der Waals surface area contributed by atoms with Crippen LogP contribution in [-0.2, 0) is 27.0 Å². The second kappa shape index (κ2) is 11.3. The zero-order valence-electron chi connectivity index (χ0n) is 25.9. The van der Waals surface area contributed by atoms with Gasteiger partial charge < -0.3 is 19.6 Å². The van der Waals surface area contributed by atoms with Crippen LogP contribution in [0.1, 0.15) is 53.1 Å². The number of benzene rings is 2. The van der Waals surface area contributed by atoms with Crippen molar-refractivity contribution in [1.29, 1.82) is 0 Å². The number of hydrogen-bond acceptors (Lipinski definition) is 8. The number of nitrogens with one attached hydrogen (secondary N) is 1. The Morgan fingerprint density at radius 3 is 2.14 bits per heavy atom. The first kappa shape index (κ1) is 32.6. The molecule has 3 saturated carbocycles. The van der Waals surface area contributed by atoms with Crippen molar-refractivity contribution in [3.63, 3.8) is 0 Å². The van der Waals surface area contributed by atoms with Crippen LogP contribution >= 0.6 is 0 Å². The maximum Gasteiger partial charge on any atom is 0.490 e. The molecule has 0 radical (unpaired) electrons. The topological polar surface area (TPSA) is 157 Å². The van der Waals surface area contributed by atoms with Crippen LogP contribution in [0.3, 0.4) is 0 Å². The fourth-order valence-electron chi connectivity index (χ4n) is 8.08. The number of halogens is 4. The third kappa shape index (κ3) is 5.77. The Morgan fingerprint density at radius 1 is 0.939 bits per heavy atom. The summed E-state index contributed by atoms with van der Waals surface area (Å²) in [5.74, 6) is -4.74. The number of anilines is 2. The highest BCUT2D eigenvalue weighted by Crippen LogP contribution is 2.73. The minimum absolute atomic E-state index is 0.0300. The zero-order chi connectivity index (χ0) is 34.9. The van der Waals surface area contributed by atoms with Gasteiger partial charge in [-0.25, -0.2) is 18.8 Å². The van der Waals surface area contributed by atoms with Gasteiger partial charge in [-0.2, -0.15) is 13.2 Å². The van der Waals surface area contributed by atoms with E-state index in [1.165, 1.54) is 22.1 Å². The summed E-state index contributed by atoms with van der Waals surface area (Å²) in [5.41, 5.74) is 4.79. The van der Waals surface area contributed by atoms with Crippen LogP contribution in [0, 0.1) is 11.2 Å². The Hall–Kier alpha value is -4.99. The molecule has 3 amide bonds. The minimum Gasteiger partial charge on any atom is -0.475 e. The molecule has 12 nitrogen and oxygen atoms in total. The normalized spacial score (nSPS) is 25.2. The number of likely N-dealkylation sites (tertiary alicyclic amines) is 1. The number of nitrogens with zero attached hydrogens (tertiary/aromatic N) is 4. The van der Waals surface area contributed by atoms with E-state index in [0.29, 0.717) is 0 Å². The smallest absolute Gasteiger partial charge is 0.475 e. The van der Waals surface area contributed by atoms with Crippen molar-refractivity contribution >= 4 is 35.3 Å². The van der Waals surface area contributed by atoms with Gasteiger partial charge in [-0.15, -0.1) is 0 Å². The molecule has 3 saturated heterocycles. The molecule has 3 aliphatic heterocycles. The standard InChI is InChI=1S/C31H30FN5O5.C2HF3O2/c32-22-9-21(5-6-23(22)37-8-7-26(38)33-28(37)41)36-17-29(18-36)15-35(16-29)11-19-1-3-20(4-2-19)30-12-31(13-30,14-30)25-10-24(27(39)40)42-34-25;3-2(4,5)1(6)7/h1-6,9-10H,7-8,11-18H2,(H,39,40)(H,33,38,41);(H,6,7). The Bertz CT molecular complexity index is 1830. The number of carbonyl (C=O) groups is 4. The van der Waals surface area contributed by atoms with E-state index in [2.05, 4.69) is 44.5 Å². The number of alkyl halides is 3. The van der Waals surface area contributed by atoms with E-state index < -0.39 is 30.0 Å². The highest BCUT2D eigenvalue weighted by atomic mass is 19.4. The molecule has 0 atom stereocenters. The molecule has 3 N–H and O–H groups in total. The average Bonchev–Trinajstić information content (AvgIpc) is 3.44. The number of carbonyl (C=O) groups excluding carboxylic acids is 2. The van der Waals surface area contributed by atoms with Crippen molar-refractivity contribution in [2.75, 3.05) is 42.5 Å². The molecular weight excluding hydrogens is 654 g/mol. The maximum absolute atomic E-state index is 14.9. The van der Waals surface area contributed by atoms with Gasteiger partial charge in [0.2, 0.25) is 11.7 Å². The Labute approximate surface area is 276 Å². The van der Waals surface area contributed by atoms with Crippen molar-refractivity contribution < 1.29 is 51.5 Å². The van der Waals surface area contributed by atoms with Crippen LogP contribution in [0.2, 0.25) is 0 Å². The third-order valence-electron chi connectivity index (χ3n) is 10.3. The summed E-state index contributed by atoms with van der Waals surface area (Å²) in [7, 11) is 0. The van der Waals surface area contributed by atoms with E-state index in [-0.39, 0.29) is 46.6 Å². The summed E-state index contributed by atoms with van der Waals surface area (Å²) in [6.45, 7) is 4.86. The van der Waals surface area contributed by atoms with E-state index in [0.717, 1.165) is 63.4 Å². The molecule has 16 heteroatoms.